The number of ether oxygens (including phenoxy) is 3. The SMILES string of the molecule is COc1cc(C(=O)Oc2ccc(/C=C(\CCc3ccc(N)cc3N)C(=O)O)cc2)ccc1OC(F)(F)F. The van der Waals surface area contributed by atoms with Gasteiger partial charge in [0.05, 0.1) is 12.7 Å². The van der Waals surface area contributed by atoms with Gasteiger partial charge in [0, 0.05) is 16.9 Å². The molecule has 0 aromatic heterocycles. The highest BCUT2D eigenvalue weighted by Crippen LogP contribution is 2.33. The van der Waals surface area contributed by atoms with Crippen molar-refractivity contribution < 1.29 is 42.1 Å². The van der Waals surface area contributed by atoms with Gasteiger partial charge in [-0.25, -0.2) is 9.59 Å². The highest BCUT2D eigenvalue weighted by atomic mass is 19.4. The van der Waals surface area contributed by atoms with E-state index in [0.29, 0.717) is 23.4 Å². The number of halogens is 3. The number of esters is 1. The Hall–Kier alpha value is -4.67. The monoisotopic (exact) mass is 516 g/mol. The summed E-state index contributed by atoms with van der Waals surface area (Å²) in [6.07, 6.45) is -2.81. The first-order valence-electron chi connectivity index (χ1n) is 10.8. The second kappa shape index (κ2) is 11.4. The van der Waals surface area contributed by atoms with E-state index in [1.54, 1.807) is 30.3 Å². The largest absolute Gasteiger partial charge is 0.573 e. The lowest BCUT2D eigenvalue weighted by atomic mass is 10.0. The minimum absolute atomic E-state index is 0.0644. The van der Waals surface area contributed by atoms with Gasteiger partial charge in [-0.05, 0) is 72.5 Å². The van der Waals surface area contributed by atoms with Crippen molar-refractivity contribution in [3.05, 3.63) is 82.9 Å². The maximum atomic E-state index is 12.5. The minimum Gasteiger partial charge on any atom is -0.493 e. The van der Waals surface area contributed by atoms with Gasteiger partial charge in [0.25, 0.3) is 0 Å². The standard InChI is InChI=1S/C26H23F3N2O6/c1-35-23-13-18(7-11-22(23)37-26(27,28)29)25(34)36-20-9-2-15(3-10-20)12-17(24(32)33)5-4-16-6-8-19(30)14-21(16)31/h2-3,6-14H,4-5,30-31H2,1H3,(H,32,33)/b17-12+. The first-order chi connectivity index (χ1) is 17.4. The summed E-state index contributed by atoms with van der Waals surface area (Å²) in [6, 6.07) is 14.2. The van der Waals surface area contributed by atoms with Gasteiger partial charge in [-0.3, -0.25) is 0 Å². The Kier molecular flexibility index (Phi) is 8.28. The normalized spacial score (nSPS) is 11.6. The maximum Gasteiger partial charge on any atom is 0.573 e. The van der Waals surface area contributed by atoms with Crippen molar-refractivity contribution in [1.82, 2.24) is 0 Å². The minimum atomic E-state index is -4.92. The third-order valence-electron chi connectivity index (χ3n) is 5.16. The molecule has 0 fully saturated rings. The molecule has 0 heterocycles. The van der Waals surface area contributed by atoms with Crippen molar-refractivity contribution in [2.75, 3.05) is 18.6 Å². The number of anilines is 2. The topological polar surface area (TPSA) is 134 Å². The van der Waals surface area contributed by atoms with Gasteiger partial charge in [-0.15, -0.1) is 13.2 Å². The molecule has 0 aliphatic rings. The molecule has 0 amide bonds. The molecule has 0 atom stereocenters. The Morgan fingerprint density at radius 2 is 1.68 bits per heavy atom. The van der Waals surface area contributed by atoms with Crippen LogP contribution in [0.3, 0.4) is 0 Å². The van der Waals surface area contributed by atoms with E-state index >= 15 is 0 Å². The molecule has 0 radical (unpaired) electrons. The highest BCUT2D eigenvalue weighted by molar-refractivity contribution is 5.93. The van der Waals surface area contributed by atoms with E-state index in [0.717, 1.165) is 30.9 Å². The van der Waals surface area contributed by atoms with Crippen LogP contribution in [-0.4, -0.2) is 30.5 Å². The van der Waals surface area contributed by atoms with Gasteiger partial charge < -0.3 is 30.8 Å². The molecule has 3 rings (SSSR count). The summed E-state index contributed by atoms with van der Waals surface area (Å²) in [5.74, 6) is -2.68. The number of methoxy groups -OCH3 is 1. The molecule has 0 bridgehead atoms. The van der Waals surface area contributed by atoms with Crippen molar-refractivity contribution in [1.29, 1.82) is 0 Å². The number of benzene rings is 3. The molecule has 37 heavy (non-hydrogen) atoms. The Morgan fingerprint density at radius 1 is 0.973 bits per heavy atom. The Labute approximate surface area is 209 Å². The second-order valence-electron chi connectivity index (χ2n) is 7.80. The van der Waals surface area contributed by atoms with Crippen molar-refractivity contribution in [2.45, 2.75) is 19.2 Å². The van der Waals surface area contributed by atoms with Gasteiger partial charge >= 0.3 is 18.3 Å². The molecule has 5 N–H and O–H groups in total. The lowest BCUT2D eigenvalue weighted by Gasteiger charge is -2.13. The quantitative estimate of drug-likeness (QED) is 0.155. The summed E-state index contributed by atoms with van der Waals surface area (Å²) in [5, 5.41) is 9.58. The number of rotatable bonds is 9. The molecule has 11 heteroatoms. The number of hydrogen-bond donors (Lipinski definition) is 3. The van der Waals surface area contributed by atoms with Crippen molar-refractivity contribution in [3.63, 3.8) is 0 Å². The fourth-order valence-corrected chi connectivity index (χ4v) is 3.35. The summed E-state index contributed by atoms with van der Waals surface area (Å²) < 4.78 is 51.5. The predicted octanol–water partition coefficient (Wildman–Crippen LogP) is 5.08. The lowest BCUT2D eigenvalue weighted by molar-refractivity contribution is -0.275. The van der Waals surface area contributed by atoms with E-state index in [1.807, 2.05) is 0 Å². The average Bonchev–Trinajstić information content (AvgIpc) is 2.82. The molecule has 0 saturated carbocycles. The predicted molar refractivity (Wildman–Crippen MR) is 130 cm³/mol. The molecule has 0 unspecified atom stereocenters. The van der Waals surface area contributed by atoms with Crippen LogP contribution in [0.2, 0.25) is 0 Å². The second-order valence-corrected chi connectivity index (χ2v) is 7.80. The fraction of sp³-hybridized carbons (Fsp3) is 0.154. The molecule has 194 valence electrons. The van der Waals surface area contributed by atoms with Crippen molar-refractivity contribution in [3.8, 4) is 17.2 Å². The number of carboxylic acids is 1. The van der Waals surface area contributed by atoms with Crippen molar-refractivity contribution >= 4 is 29.4 Å². The van der Waals surface area contributed by atoms with Gasteiger partial charge in [-0.2, -0.15) is 0 Å². The molecular weight excluding hydrogens is 493 g/mol. The summed E-state index contributed by atoms with van der Waals surface area (Å²) in [7, 11) is 1.13. The van der Waals surface area contributed by atoms with Gasteiger partial charge in [-0.1, -0.05) is 18.2 Å². The smallest absolute Gasteiger partial charge is 0.493 e. The van der Waals surface area contributed by atoms with E-state index in [-0.39, 0.29) is 29.1 Å². The van der Waals surface area contributed by atoms with E-state index in [9.17, 15) is 27.9 Å². The number of alkyl halides is 3. The molecule has 3 aromatic rings. The van der Waals surface area contributed by atoms with Crippen LogP contribution in [0, 0.1) is 0 Å². The first kappa shape index (κ1) is 26.9. The van der Waals surface area contributed by atoms with Gasteiger partial charge in [0.1, 0.15) is 5.75 Å². The maximum absolute atomic E-state index is 12.5. The van der Waals surface area contributed by atoms with Crippen LogP contribution in [0.4, 0.5) is 24.5 Å². The van der Waals surface area contributed by atoms with E-state index in [4.69, 9.17) is 20.9 Å². The van der Waals surface area contributed by atoms with E-state index in [1.165, 1.54) is 18.2 Å². The number of aliphatic carboxylic acids is 1. The molecular formula is C26H23F3N2O6. The summed E-state index contributed by atoms with van der Waals surface area (Å²) in [4.78, 5) is 24.2. The van der Waals surface area contributed by atoms with Crippen LogP contribution in [0.25, 0.3) is 6.08 Å². The van der Waals surface area contributed by atoms with Crippen LogP contribution in [0.5, 0.6) is 17.2 Å². The third kappa shape index (κ3) is 7.66. The number of aryl methyl sites for hydroxylation is 1. The van der Waals surface area contributed by atoms with Gasteiger partial charge in [0.2, 0.25) is 0 Å². The number of carbonyl (C=O) groups excluding carboxylic acids is 1. The molecule has 0 spiro atoms. The van der Waals surface area contributed by atoms with Crippen LogP contribution in [0.1, 0.15) is 27.9 Å². The number of hydrogen-bond acceptors (Lipinski definition) is 7. The van der Waals surface area contributed by atoms with Crippen LogP contribution < -0.4 is 25.7 Å². The first-order valence-corrected chi connectivity index (χ1v) is 10.8. The van der Waals surface area contributed by atoms with E-state index in [2.05, 4.69) is 4.74 Å². The molecule has 3 aromatic carbocycles. The van der Waals surface area contributed by atoms with E-state index < -0.39 is 24.1 Å². The van der Waals surface area contributed by atoms with Crippen molar-refractivity contribution in [2.24, 2.45) is 0 Å². The number of carboxylic acid groups (broad SMARTS) is 1. The number of carbonyl (C=O) groups is 2. The fourth-order valence-electron chi connectivity index (χ4n) is 3.35. The Bertz CT molecular complexity index is 1320. The Morgan fingerprint density at radius 3 is 2.27 bits per heavy atom. The average molecular weight is 516 g/mol. The molecule has 0 saturated heterocycles. The Balaban J connectivity index is 1.69. The summed E-state index contributed by atoms with van der Waals surface area (Å²) in [6.45, 7) is 0. The van der Waals surface area contributed by atoms with Crippen LogP contribution >= 0.6 is 0 Å². The molecule has 0 aliphatic heterocycles. The zero-order valence-electron chi connectivity index (χ0n) is 19.5. The summed E-state index contributed by atoms with van der Waals surface area (Å²) >= 11 is 0. The number of nitrogen functional groups attached to an aromatic ring is 2. The lowest BCUT2D eigenvalue weighted by Crippen LogP contribution is -2.18. The van der Waals surface area contributed by atoms with Crippen LogP contribution in [0.15, 0.2) is 66.2 Å². The van der Waals surface area contributed by atoms with Crippen LogP contribution in [-0.2, 0) is 11.2 Å². The molecule has 0 aliphatic carbocycles. The van der Waals surface area contributed by atoms with Gasteiger partial charge in [0.15, 0.2) is 11.5 Å². The number of nitrogens with two attached hydrogens (primary N) is 2. The third-order valence-corrected chi connectivity index (χ3v) is 5.16. The molecule has 8 nitrogen and oxygen atoms in total. The zero-order valence-corrected chi connectivity index (χ0v) is 19.5. The summed E-state index contributed by atoms with van der Waals surface area (Å²) in [5.41, 5.74) is 14.0. The highest BCUT2D eigenvalue weighted by Gasteiger charge is 2.32. The zero-order chi connectivity index (χ0) is 27.2.